The van der Waals surface area contributed by atoms with Crippen molar-refractivity contribution in [1.29, 1.82) is 5.41 Å². The second-order valence-electron chi connectivity index (χ2n) is 2.30. The predicted molar refractivity (Wildman–Crippen MR) is 45.7 cm³/mol. The van der Waals surface area contributed by atoms with Gasteiger partial charge < -0.3 is 16.2 Å². The third kappa shape index (κ3) is 3.05. The van der Waals surface area contributed by atoms with E-state index in [1.165, 1.54) is 6.92 Å². The predicted octanol–water partition coefficient (Wildman–Crippen LogP) is 0.238. The minimum atomic E-state index is -0.999. The maximum absolute atomic E-state index is 10.5. The second kappa shape index (κ2) is 4.38. The molecule has 0 aromatic carbocycles. The highest BCUT2D eigenvalue weighted by atomic mass is 16.4. The lowest BCUT2D eigenvalue weighted by Gasteiger charge is -2.08. The number of hydrogen-bond acceptors (Lipinski definition) is 2. The first-order valence-corrected chi connectivity index (χ1v) is 3.53. The third-order valence-corrected chi connectivity index (χ3v) is 1.41. The Hall–Kier alpha value is -1.52. The first-order valence-electron chi connectivity index (χ1n) is 3.53. The molecule has 5 N–H and O–H groups in total. The fourth-order valence-electron chi connectivity index (χ4n) is 0.739. The number of nitrogens with one attached hydrogen (secondary N) is 2. The number of carboxylic acid groups (broad SMARTS) is 1. The topological polar surface area (TPSA) is 99.2 Å². The third-order valence-electron chi connectivity index (χ3n) is 1.41. The van der Waals surface area contributed by atoms with Crippen molar-refractivity contribution < 1.29 is 9.90 Å². The lowest BCUT2D eigenvalue weighted by Crippen LogP contribution is -2.30. The van der Waals surface area contributed by atoms with Gasteiger partial charge in [-0.1, -0.05) is 6.92 Å². The van der Waals surface area contributed by atoms with Gasteiger partial charge in [-0.15, -0.1) is 0 Å². The summed E-state index contributed by atoms with van der Waals surface area (Å²) in [6.45, 7) is 3.26. The summed E-state index contributed by atoms with van der Waals surface area (Å²) in [6, 6.07) is 0. The Morgan fingerprint density at radius 3 is 2.42 bits per heavy atom. The highest BCUT2D eigenvalue weighted by Crippen LogP contribution is 2.04. The standard InChI is InChI=1S/C7H13N3O2/c1-3-5(10-7(8)9)4(2)6(11)12/h3H2,1-2H3,(H,11,12)(H4,8,9,10). The molecule has 0 saturated carbocycles. The van der Waals surface area contributed by atoms with Gasteiger partial charge in [0.05, 0.1) is 5.57 Å². The molecular weight excluding hydrogens is 158 g/mol. The van der Waals surface area contributed by atoms with Gasteiger partial charge >= 0.3 is 5.97 Å². The van der Waals surface area contributed by atoms with Crippen LogP contribution in [0.4, 0.5) is 0 Å². The van der Waals surface area contributed by atoms with Gasteiger partial charge in [-0.05, 0) is 13.3 Å². The van der Waals surface area contributed by atoms with Gasteiger partial charge in [0, 0.05) is 5.70 Å². The molecule has 0 unspecified atom stereocenters. The summed E-state index contributed by atoms with van der Waals surface area (Å²) in [4.78, 5) is 10.5. The Balaban J connectivity index is 4.61. The zero-order valence-corrected chi connectivity index (χ0v) is 7.14. The zero-order valence-electron chi connectivity index (χ0n) is 7.14. The van der Waals surface area contributed by atoms with Gasteiger partial charge in [0.25, 0.3) is 0 Å². The van der Waals surface area contributed by atoms with E-state index in [0.717, 1.165) is 0 Å². The van der Waals surface area contributed by atoms with Crippen molar-refractivity contribution in [2.24, 2.45) is 5.73 Å². The molecule has 0 aliphatic carbocycles. The number of allylic oxidation sites excluding steroid dienone is 1. The van der Waals surface area contributed by atoms with Gasteiger partial charge in [0.1, 0.15) is 0 Å². The molecule has 0 rings (SSSR count). The highest BCUT2D eigenvalue weighted by Gasteiger charge is 2.07. The fraction of sp³-hybridized carbons (Fsp3) is 0.429. The first kappa shape index (κ1) is 10.5. The molecule has 0 fully saturated rings. The number of aliphatic carboxylic acids is 1. The molecule has 0 bridgehead atoms. The fourth-order valence-corrected chi connectivity index (χ4v) is 0.739. The van der Waals surface area contributed by atoms with Crippen LogP contribution in [0.25, 0.3) is 0 Å². The molecular formula is C7H13N3O2. The largest absolute Gasteiger partial charge is 0.478 e. The van der Waals surface area contributed by atoms with Gasteiger partial charge in [0.15, 0.2) is 5.96 Å². The van der Waals surface area contributed by atoms with Gasteiger partial charge in [-0.3, -0.25) is 5.41 Å². The molecule has 0 aromatic heterocycles. The van der Waals surface area contributed by atoms with Crippen LogP contribution in [0.5, 0.6) is 0 Å². The van der Waals surface area contributed by atoms with Crippen LogP contribution < -0.4 is 11.1 Å². The van der Waals surface area contributed by atoms with Crippen molar-refractivity contribution in [3.05, 3.63) is 11.3 Å². The highest BCUT2D eigenvalue weighted by molar-refractivity contribution is 5.88. The number of carboxylic acids is 1. The average molecular weight is 171 g/mol. The minimum Gasteiger partial charge on any atom is -0.478 e. The van der Waals surface area contributed by atoms with E-state index in [0.29, 0.717) is 12.1 Å². The van der Waals surface area contributed by atoms with Crippen molar-refractivity contribution in [2.75, 3.05) is 0 Å². The quantitative estimate of drug-likeness (QED) is 0.277. The van der Waals surface area contributed by atoms with Crippen LogP contribution in [-0.2, 0) is 4.79 Å². The Morgan fingerprint density at radius 1 is 1.67 bits per heavy atom. The molecule has 0 aliphatic heterocycles. The minimum absolute atomic E-state index is 0.188. The number of guanidine groups is 1. The maximum Gasteiger partial charge on any atom is 0.333 e. The molecule has 0 spiro atoms. The van der Waals surface area contributed by atoms with E-state index in [2.05, 4.69) is 5.32 Å². The van der Waals surface area contributed by atoms with Crippen LogP contribution in [0.15, 0.2) is 11.3 Å². The number of nitrogens with two attached hydrogens (primary N) is 1. The molecule has 5 heteroatoms. The zero-order chi connectivity index (χ0) is 9.72. The summed E-state index contributed by atoms with van der Waals surface area (Å²) in [6.07, 6.45) is 0.512. The van der Waals surface area contributed by atoms with Crippen LogP contribution in [0.1, 0.15) is 20.3 Å². The number of rotatable bonds is 3. The number of hydrogen-bond donors (Lipinski definition) is 4. The molecule has 0 aliphatic rings. The Bertz CT molecular complexity index is 233. The lowest BCUT2D eigenvalue weighted by molar-refractivity contribution is -0.132. The average Bonchev–Trinajstić information content (AvgIpc) is 1.98. The van der Waals surface area contributed by atoms with E-state index in [1.807, 2.05) is 0 Å². The molecule has 0 amide bonds. The van der Waals surface area contributed by atoms with E-state index in [9.17, 15) is 4.79 Å². The van der Waals surface area contributed by atoms with Crippen molar-refractivity contribution in [3.63, 3.8) is 0 Å². The lowest BCUT2D eigenvalue weighted by atomic mass is 10.2. The van der Waals surface area contributed by atoms with Crippen molar-refractivity contribution >= 4 is 11.9 Å². The molecule has 0 atom stereocenters. The summed E-state index contributed by atoms with van der Waals surface area (Å²) in [5.74, 6) is -1.24. The van der Waals surface area contributed by atoms with E-state index >= 15 is 0 Å². The Morgan fingerprint density at radius 2 is 2.17 bits per heavy atom. The van der Waals surface area contributed by atoms with Crippen LogP contribution in [0.3, 0.4) is 0 Å². The number of carbonyl (C=O) groups is 1. The molecule has 12 heavy (non-hydrogen) atoms. The summed E-state index contributed by atoms with van der Waals surface area (Å²) in [7, 11) is 0. The summed E-state index contributed by atoms with van der Waals surface area (Å²) in [5.41, 5.74) is 5.71. The monoisotopic (exact) mass is 171 g/mol. The Kier molecular flexibility index (Phi) is 3.82. The van der Waals surface area contributed by atoms with Crippen molar-refractivity contribution in [3.8, 4) is 0 Å². The molecule has 5 nitrogen and oxygen atoms in total. The Labute approximate surface area is 70.8 Å². The van der Waals surface area contributed by atoms with E-state index in [4.69, 9.17) is 16.2 Å². The molecule has 0 heterocycles. The van der Waals surface area contributed by atoms with Gasteiger partial charge in [-0.25, -0.2) is 4.79 Å². The van der Waals surface area contributed by atoms with Crippen molar-refractivity contribution in [2.45, 2.75) is 20.3 Å². The van der Waals surface area contributed by atoms with E-state index < -0.39 is 5.97 Å². The molecule has 0 radical (unpaired) electrons. The van der Waals surface area contributed by atoms with Crippen LogP contribution in [0, 0.1) is 5.41 Å². The van der Waals surface area contributed by atoms with E-state index in [-0.39, 0.29) is 11.5 Å². The normalized spacial score (nSPS) is 11.8. The summed E-state index contributed by atoms with van der Waals surface area (Å²) < 4.78 is 0. The summed E-state index contributed by atoms with van der Waals surface area (Å²) in [5, 5.41) is 18.0. The van der Waals surface area contributed by atoms with Crippen molar-refractivity contribution in [1.82, 2.24) is 5.32 Å². The van der Waals surface area contributed by atoms with Gasteiger partial charge in [-0.2, -0.15) is 0 Å². The molecule has 0 saturated heterocycles. The maximum atomic E-state index is 10.5. The first-order chi connectivity index (χ1) is 5.49. The SMILES string of the molecule is CCC(NC(=N)N)=C(C)C(=O)O. The van der Waals surface area contributed by atoms with E-state index in [1.54, 1.807) is 6.92 Å². The summed E-state index contributed by atoms with van der Waals surface area (Å²) >= 11 is 0. The molecule has 68 valence electrons. The second-order valence-corrected chi connectivity index (χ2v) is 2.30. The molecule has 0 aromatic rings. The smallest absolute Gasteiger partial charge is 0.333 e. The van der Waals surface area contributed by atoms with Crippen LogP contribution in [0.2, 0.25) is 0 Å². The van der Waals surface area contributed by atoms with Gasteiger partial charge in [0.2, 0.25) is 0 Å². The van der Waals surface area contributed by atoms with Crippen LogP contribution in [-0.4, -0.2) is 17.0 Å². The van der Waals surface area contributed by atoms with Crippen LogP contribution >= 0.6 is 0 Å².